The van der Waals surface area contributed by atoms with Gasteiger partial charge in [-0.2, -0.15) is 0 Å². The second-order valence-corrected chi connectivity index (χ2v) is 6.16. The van der Waals surface area contributed by atoms with E-state index >= 15 is 0 Å². The van der Waals surface area contributed by atoms with E-state index in [-0.39, 0.29) is 17.7 Å². The largest absolute Gasteiger partial charge is 0.396 e. The number of aliphatic imine (C=N–C) groups is 1. The molecule has 0 aliphatic carbocycles. The highest BCUT2D eigenvalue weighted by molar-refractivity contribution is 5.79. The summed E-state index contributed by atoms with van der Waals surface area (Å²) in [7, 11) is 0. The summed E-state index contributed by atoms with van der Waals surface area (Å²) in [4.78, 5) is 15.0. The van der Waals surface area contributed by atoms with Crippen LogP contribution in [0.2, 0.25) is 0 Å². The summed E-state index contributed by atoms with van der Waals surface area (Å²) in [6.45, 7) is 8.24. The molecule has 0 spiro atoms. The molecule has 25 heavy (non-hydrogen) atoms. The third-order valence-electron chi connectivity index (χ3n) is 4.66. The van der Waals surface area contributed by atoms with Crippen LogP contribution in [0.5, 0.6) is 0 Å². The Hall–Kier alpha value is -2.15. The zero-order valence-corrected chi connectivity index (χ0v) is 15.4. The van der Waals surface area contributed by atoms with Crippen molar-refractivity contribution in [3.05, 3.63) is 39.9 Å². The van der Waals surface area contributed by atoms with Crippen molar-refractivity contribution in [2.24, 2.45) is 10.4 Å². The number of aliphatic hydroxyl groups excluding tert-OH is 1. The maximum atomic E-state index is 10.9. The van der Waals surface area contributed by atoms with Crippen LogP contribution in [0.25, 0.3) is 0 Å². The number of aliphatic hydroxyl groups is 1. The van der Waals surface area contributed by atoms with E-state index in [0.29, 0.717) is 12.5 Å². The van der Waals surface area contributed by atoms with E-state index in [1.807, 2.05) is 13.0 Å². The van der Waals surface area contributed by atoms with Crippen LogP contribution in [0.4, 0.5) is 5.69 Å². The van der Waals surface area contributed by atoms with Gasteiger partial charge in [0.1, 0.15) is 0 Å². The van der Waals surface area contributed by atoms with Crippen LogP contribution in [0, 0.1) is 15.5 Å². The minimum Gasteiger partial charge on any atom is -0.396 e. The molecule has 0 aliphatic rings. The number of hydrogen-bond donors (Lipinski definition) is 3. The van der Waals surface area contributed by atoms with Crippen molar-refractivity contribution in [1.82, 2.24) is 10.6 Å². The zero-order valence-electron chi connectivity index (χ0n) is 15.4. The first kappa shape index (κ1) is 20.9. The van der Waals surface area contributed by atoms with Crippen LogP contribution in [-0.2, 0) is 6.54 Å². The number of rotatable bonds is 10. The lowest BCUT2D eigenvalue weighted by molar-refractivity contribution is -0.384. The molecular formula is C18H30N4O3. The molecule has 0 radical (unpaired) electrons. The minimum atomic E-state index is -0.400. The first-order valence-electron chi connectivity index (χ1n) is 8.86. The maximum Gasteiger partial charge on any atom is 0.269 e. The van der Waals surface area contributed by atoms with Gasteiger partial charge in [-0.1, -0.05) is 26.0 Å². The Morgan fingerprint density at radius 2 is 2.00 bits per heavy atom. The van der Waals surface area contributed by atoms with Gasteiger partial charge in [-0.25, -0.2) is 4.99 Å². The molecule has 0 bridgehead atoms. The first-order valence-corrected chi connectivity index (χ1v) is 8.86. The van der Waals surface area contributed by atoms with Gasteiger partial charge in [0.05, 0.1) is 11.5 Å². The van der Waals surface area contributed by atoms with E-state index < -0.39 is 4.92 Å². The van der Waals surface area contributed by atoms with Crippen LogP contribution in [0.3, 0.4) is 0 Å². The van der Waals surface area contributed by atoms with Crippen LogP contribution < -0.4 is 10.6 Å². The lowest BCUT2D eigenvalue weighted by atomic mass is 9.79. The molecule has 0 aromatic heterocycles. The fraction of sp³-hybridized carbons (Fsp3) is 0.611. The molecule has 7 heteroatoms. The number of nitro benzene ring substituents is 1. The third-order valence-corrected chi connectivity index (χ3v) is 4.66. The minimum absolute atomic E-state index is 0.0382. The molecule has 0 amide bonds. The fourth-order valence-electron chi connectivity index (χ4n) is 2.73. The van der Waals surface area contributed by atoms with Crippen molar-refractivity contribution in [1.29, 1.82) is 0 Å². The SMILES string of the molecule is CCNC(=NCc1cccc([N+](=O)[O-])c1)NCC(CC)(CC)CCO. The van der Waals surface area contributed by atoms with E-state index in [9.17, 15) is 15.2 Å². The summed E-state index contributed by atoms with van der Waals surface area (Å²) in [5, 5.41) is 26.7. The van der Waals surface area contributed by atoms with E-state index in [4.69, 9.17) is 0 Å². The third kappa shape index (κ3) is 6.70. The molecule has 1 rings (SSSR count). The van der Waals surface area contributed by atoms with Crippen LogP contribution in [0.1, 0.15) is 45.6 Å². The molecule has 0 fully saturated rings. The molecular weight excluding hydrogens is 320 g/mol. The molecule has 1 aromatic carbocycles. The Bertz CT molecular complexity index is 571. The van der Waals surface area contributed by atoms with E-state index in [1.165, 1.54) is 6.07 Å². The topological polar surface area (TPSA) is 99.8 Å². The first-order chi connectivity index (χ1) is 12.0. The van der Waals surface area contributed by atoms with Crippen LogP contribution >= 0.6 is 0 Å². The summed E-state index contributed by atoms with van der Waals surface area (Å²) in [5.74, 6) is 0.679. The van der Waals surface area contributed by atoms with Gasteiger partial charge in [-0.05, 0) is 37.2 Å². The highest BCUT2D eigenvalue weighted by Crippen LogP contribution is 2.29. The van der Waals surface area contributed by atoms with Gasteiger partial charge in [0.15, 0.2) is 5.96 Å². The molecule has 0 unspecified atom stereocenters. The summed E-state index contributed by atoms with van der Waals surface area (Å²) in [6, 6.07) is 6.52. The van der Waals surface area contributed by atoms with E-state index in [2.05, 4.69) is 29.5 Å². The number of non-ortho nitro benzene ring substituents is 1. The van der Waals surface area contributed by atoms with Crippen molar-refractivity contribution >= 4 is 11.6 Å². The van der Waals surface area contributed by atoms with Gasteiger partial charge in [0, 0.05) is 31.8 Å². The molecule has 0 aliphatic heterocycles. The molecule has 0 atom stereocenters. The molecule has 140 valence electrons. The Morgan fingerprint density at radius 1 is 1.28 bits per heavy atom. The molecule has 3 N–H and O–H groups in total. The second kappa shape index (κ2) is 10.7. The van der Waals surface area contributed by atoms with Crippen molar-refractivity contribution < 1.29 is 10.0 Å². The van der Waals surface area contributed by atoms with E-state index in [1.54, 1.807) is 12.1 Å². The van der Waals surface area contributed by atoms with Crippen molar-refractivity contribution in [2.75, 3.05) is 19.7 Å². The number of hydrogen-bond acceptors (Lipinski definition) is 4. The molecule has 0 heterocycles. The summed E-state index contributed by atoms with van der Waals surface area (Å²) < 4.78 is 0. The lowest BCUT2D eigenvalue weighted by Crippen LogP contribution is -2.43. The van der Waals surface area contributed by atoms with Crippen molar-refractivity contribution in [2.45, 2.75) is 46.6 Å². The zero-order chi connectivity index (χ0) is 18.7. The average molecular weight is 350 g/mol. The predicted molar refractivity (Wildman–Crippen MR) is 101 cm³/mol. The number of nitro groups is 1. The van der Waals surface area contributed by atoms with Gasteiger partial charge in [0.2, 0.25) is 0 Å². The van der Waals surface area contributed by atoms with Gasteiger partial charge < -0.3 is 15.7 Å². The fourth-order valence-corrected chi connectivity index (χ4v) is 2.73. The van der Waals surface area contributed by atoms with Gasteiger partial charge in [0.25, 0.3) is 5.69 Å². The Balaban J connectivity index is 2.79. The summed E-state index contributed by atoms with van der Waals surface area (Å²) in [5.41, 5.74) is 0.903. The summed E-state index contributed by atoms with van der Waals surface area (Å²) >= 11 is 0. The van der Waals surface area contributed by atoms with Gasteiger partial charge in [-0.15, -0.1) is 0 Å². The Morgan fingerprint density at radius 3 is 2.56 bits per heavy atom. The molecule has 1 aromatic rings. The number of nitrogens with zero attached hydrogens (tertiary/aromatic N) is 2. The molecule has 7 nitrogen and oxygen atoms in total. The number of guanidine groups is 1. The Labute approximate surface area is 149 Å². The highest BCUT2D eigenvalue weighted by Gasteiger charge is 2.25. The summed E-state index contributed by atoms with van der Waals surface area (Å²) in [6.07, 6.45) is 2.69. The normalized spacial score (nSPS) is 12.1. The maximum absolute atomic E-state index is 10.9. The van der Waals surface area contributed by atoms with Crippen LogP contribution in [0.15, 0.2) is 29.3 Å². The predicted octanol–water partition coefficient (Wildman–Crippen LogP) is 2.84. The quantitative estimate of drug-likeness (QED) is 0.261. The van der Waals surface area contributed by atoms with Gasteiger partial charge >= 0.3 is 0 Å². The van der Waals surface area contributed by atoms with E-state index in [0.717, 1.165) is 37.9 Å². The van der Waals surface area contributed by atoms with Crippen LogP contribution in [-0.4, -0.2) is 35.7 Å². The second-order valence-electron chi connectivity index (χ2n) is 6.16. The standard InChI is InChI=1S/C18H30N4O3/c1-4-18(5-2,10-11-23)14-21-17(19-6-3)20-13-15-8-7-9-16(12-15)22(24)25/h7-9,12,23H,4-6,10-11,13-14H2,1-3H3,(H2,19,20,21). The average Bonchev–Trinajstić information content (AvgIpc) is 2.63. The number of benzene rings is 1. The monoisotopic (exact) mass is 350 g/mol. The lowest BCUT2D eigenvalue weighted by Gasteiger charge is -2.32. The highest BCUT2D eigenvalue weighted by atomic mass is 16.6. The van der Waals surface area contributed by atoms with Crippen molar-refractivity contribution in [3.63, 3.8) is 0 Å². The Kier molecular flexibility index (Phi) is 8.91. The number of nitrogens with one attached hydrogen (secondary N) is 2. The smallest absolute Gasteiger partial charge is 0.269 e. The molecule has 0 saturated carbocycles. The molecule has 0 saturated heterocycles. The van der Waals surface area contributed by atoms with Gasteiger partial charge in [-0.3, -0.25) is 10.1 Å². The van der Waals surface area contributed by atoms with Crippen molar-refractivity contribution in [3.8, 4) is 0 Å².